The number of aromatic nitrogens is 6. The van der Waals surface area contributed by atoms with Crippen molar-refractivity contribution in [3.63, 3.8) is 0 Å². The fourth-order valence-corrected chi connectivity index (χ4v) is 6.62. The van der Waals surface area contributed by atoms with Crippen LogP contribution in [-0.2, 0) is 24.8 Å². The highest BCUT2D eigenvalue weighted by molar-refractivity contribution is 6.33. The highest BCUT2D eigenvalue weighted by Crippen LogP contribution is 2.46. The van der Waals surface area contributed by atoms with Crippen molar-refractivity contribution in [2.75, 3.05) is 30.0 Å². The Labute approximate surface area is 227 Å². The van der Waals surface area contributed by atoms with Gasteiger partial charge in [-0.05, 0) is 45.2 Å². The quantitative estimate of drug-likeness (QED) is 0.399. The predicted octanol–water partition coefficient (Wildman–Crippen LogP) is 4.69. The summed E-state index contributed by atoms with van der Waals surface area (Å²) in [5.41, 5.74) is 7.48. The van der Waals surface area contributed by atoms with E-state index in [-0.39, 0.29) is 12.1 Å². The highest BCUT2D eigenvalue weighted by atomic mass is 35.5. The van der Waals surface area contributed by atoms with Crippen molar-refractivity contribution in [2.45, 2.75) is 64.6 Å². The first-order valence-corrected chi connectivity index (χ1v) is 13.8. The lowest BCUT2D eigenvalue weighted by Gasteiger charge is -2.47. The van der Waals surface area contributed by atoms with E-state index in [0.29, 0.717) is 12.5 Å². The molecule has 1 saturated carbocycles. The second kappa shape index (κ2) is 8.68. The molecule has 3 aliphatic rings. The number of hydrogen-bond acceptors (Lipinski definition) is 7. The van der Waals surface area contributed by atoms with Crippen molar-refractivity contribution >= 4 is 34.1 Å². The van der Waals surface area contributed by atoms with Gasteiger partial charge in [-0.3, -0.25) is 9.78 Å². The van der Waals surface area contributed by atoms with E-state index in [0.717, 1.165) is 81.1 Å². The van der Waals surface area contributed by atoms with Gasteiger partial charge >= 0.3 is 0 Å². The summed E-state index contributed by atoms with van der Waals surface area (Å²) in [5.74, 6) is 3.26. The summed E-state index contributed by atoms with van der Waals surface area (Å²) >= 11 is 6.92. The molecular weight excluding hydrogens is 500 g/mol. The van der Waals surface area contributed by atoms with Crippen LogP contribution in [0.1, 0.15) is 53.9 Å². The van der Waals surface area contributed by atoms with E-state index in [1.165, 1.54) is 18.4 Å². The molecule has 1 unspecified atom stereocenters. The van der Waals surface area contributed by atoms with Crippen molar-refractivity contribution in [3.05, 3.63) is 45.4 Å². The molecule has 7 rings (SSSR count). The molecule has 5 heterocycles. The number of nitrogens with zero attached hydrogens (tertiary/aromatic N) is 7. The molecule has 1 aliphatic carbocycles. The van der Waals surface area contributed by atoms with Crippen LogP contribution in [0.2, 0.25) is 5.02 Å². The van der Waals surface area contributed by atoms with Crippen molar-refractivity contribution in [1.82, 2.24) is 29.9 Å². The first-order valence-electron chi connectivity index (χ1n) is 13.5. The van der Waals surface area contributed by atoms with Gasteiger partial charge in [0.2, 0.25) is 0 Å². The summed E-state index contributed by atoms with van der Waals surface area (Å²) < 4.78 is 7.66. The number of ether oxygens (including phenoxy) is 1. The van der Waals surface area contributed by atoms with Gasteiger partial charge in [0.05, 0.1) is 34.7 Å². The minimum absolute atomic E-state index is 0.192. The zero-order valence-corrected chi connectivity index (χ0v) is 23.3. The van der Waals surface area contributed by atoms with E-state index < -0.39 is 0 Å². The van der Waals surface area contributed by atoms with Crippen molar-refractivity contribution in [2.24, 2.45) is 7.05 Å². The first kappa shape index (κ1) is 23.9. The normalized spacial score (nSPS) is 21.2. The largest absolute Gasteiger partial charge is 0.377 e. The van der Waals surface area contributed by atoms with Gasteiger partial charge in [0, 0.05) is 62.6 Å². The number of benzene rings is 1. The Hall–Kier alpha value is -3.17. The van der Waals surface area contributed by atoms with Crippen LogP contribution >= 0.6 is 11.6 Å². The van der Waals surface area contributed by atoms with Crippen LogP contribution in [0.15, 0.2) is 12.1 Å². The smallest absolute Gasteiger partial charge is 0.162 e. The maximum absolute atomic E-state index is 6.92. The number of halogens is 1. The Kier molecular flexibility index (Phi) is 5.46. The molecule has 0 bridgehead atoms. The van der Waals surface area contributed by atoms with E-state index in [9.17, 15) is 0 Å². The van der Waals surface area contributed by atoms with Crippen LogP contribution in [-0.4, -0.2) is 62.3 Å². The van der Waals surface area contributed by atoms with Crippen LogP contribution in [0, 0.1) is 13.8 Å². The molecule has 2 atom stereocenters. The van der Waals surface area contributed by atoms with Crippen molar-refractivity contribution in [1.29, 1.82) is 0 Å². The number of aromatic amines is 1. The Balaban J connectivity index is 1.35. The molecule has 9 nitrogen and oxygen atoms in total. The Morgan fingerprint density at radius 1 is 1.16 bits per heavy atom. The standard InChI is InChI=1S/C28H33ClN8O/c1-14-6-9-20-23(15(2)32-33-20)22(14)26-30-19-10-11-36(28-24(29)25(17-7-8-17)34-35(28)4)12-18(19)27(31-26)37-13-21(38-5)16(37)3/h6,9,16-17,21H,7-8,10-13H2,1-5H3,(H,32,33)/t16-,21?/m0/s1. The lowest BCUT2D eigenvalue weighted by Crippen LogP contribution is -2.60. The second-order valence-corrected chi connectivity index (χ2v) is 11.4. The van der Waals surface area contributed by atoms with Crippen LogP contribution in [0.3, 0.4) is 0 Å². The number of aryl methyl sites for hydroxylation is 3. The molecule has 0 amide bonds. The highest BCUT2D eigenvalue weighted by Gasteiger charge is 2.40. The summed E-state index contributed by atoms with van der Waals surface area (Å²) in [5, 5.41) is 14.3. The average molecular weight is 533 g/mol. The third-order valence-electron chi connectivity index (χ3n) is 8.61. The average Bonchev–Trinajstić information content (AvgIpc) is 3.62. The van der Waals surface area contributed by atoms with Gasteiger partial charge in [-0.25, -0.2) is 9.97 Å². The maximum Gasteiger partial charge on any atom is 0.162 e. The summed E-state index contributed by atoms with van der Waals surface area (Å²) in [6.07, 6.45) is 3.36. The molecule has 0 spiro atoms. The van der Waals surface area contributed by atoms with Gasteiger partial charge in [-0.15, -0.1) is 0 Å². The van der Waals surface area contributed by atoms with Gasteiger partial charge in [0.25, 0.3) is 0 Å². The van der Waals surface area contributed by atoms with E-state index in [2.05, 4.69) is 46.0 Å². The summed E-state index contributed by atoms with van der Waals surface area (Å²) in [7, 11) is 3.79. The molecule has 1 N–H and O–H groups in total. The Morgan fingerprint density at radius 3 is 2.71 bits per heavy atom. The number of H-pyrrole nitrogens is 1. The molecule has 2 aliphatic heterocycles. The summed E-state index contributed by atoms with van der Waals surface area (Å²) in [6.45, 7) is 8.71. The maximum atomic E-state index is 6.92. The molecule has 2 fully saturated rings. The van der Waals surface area contributed by atoms with Gasteiger partial charge in [-0.2, -0.15) is 10.2 Å². The van der Waals surface area contributed by atoms with Gasteiger partial charge < -0.3 is 14.5 Å². The summed E-state index contributed by atoms with van der Waals surface area (Å²) in [6, 6.07) is 4.44. The zero-order chi connectivity index (χ0) is 26.3. The lowest BCUT2D eigenvalue weighted by atomic mass is 9.96. The molecular formula is C28H33ClN8O. The minimum atomic E-state index is 0.192. The zero-order valence-electron chi connectivity index (χ0n) is 22.5. The third kappa shape index (κ3) is 3.55. The topological polar surface area (TPSA) is 88.0 Å². The third-order valence-corrected chi connectivity index (χ3v) is 8.97. The van der Waals surface area contributed by atoms with Gasteiger partial charge in [0.15, 0.2) is 5.82 Å². The SMILES string of the molecule is COC1CN(c2nc(-c3c(C)ccc4[nH]nc(C)c34)nc3c2CN(c2c(Cl)c(C4CC4)nn2C)CC3)[C@H]1C. The Bertz CT molecular complexity index is 1570. The molecule has 1 saturated heterocycles. The number of rotatable bonds is 5. The van der Waals surface area contributed by atoms with Gasteiger partial charge in [-0.1, -0.05) is 17.7 Å². The van der Waals surface area contributed by atoms with E-state index in [1.807, 2.05) is 18.7 Å². The van der Waals surface area contributed by atoms with Crippen LogP contribution in [0.25, 0.3) is 22.3 Å². The number of hydrogen-bond donors (Lipinski definition) is 1. The molecule has 198 valence electrons. The fraction of sp³-hybridized carbons (Fsp3) is 0.500. The van der Waals surface area contributed by atoms with E-state index in [4.69, 9.17) is 31.4 Å². The monoisotopic (exact) mass is 532 g/mol. The molecule has 1 aromatic carbocycles. The number of nitrogens with one attached hydrogen (secondary N) is 1. The number of fused-ring (bicyclic) bond motifs is 2. The molecule has 10 heteroatoms. The number of anilines is 2. The molecule has 3 aromatic heterocycles. The minimum Gasteiger partial charge on any atom is -0.377 e. The second-order valence-electron chi connectivity index (χ2n) is 11.0. The van der Waals surface area contributed by atoms with E-state index in [1.54, 1.807) is 7.11 Å². The van der Waals surface area contributed by atoms with Crippen molar-refractivity contribution in [3.8, 4) is 11.4 Å². The number of methoxy groups -OCH3 is 1. The van der Waals surface area contributed by atoms with Crippen LogP contribution < -0.4 is 9.80 Å². The van der Waals surface area contributed by atoms with Crippen LogP contribution in [0.5, 0.6) is 0 Å². The van der Waals surface area contributed by atoms with Gasteiger partial charge in [0.1, 0.15) is 16.7 Å². The Morgan fingerprint density at radius 2 is 1.97 bits per heavy atom. The first-order chi connectivity index (χ1) is 18.4. The molecule has 0 radical (unpaired) electrons. The summed E-state index contributed by atoms with van der Waals surface area (Å²) in [4.78, 5) is 15.2. The van der Waals surface area contributed by atoms with E-state index >= 15 is 0 Å². The lowest BCUT2D eigenvalue weighted by molar-refractivity contribution is 0.0453. The van der Waals surface area contributed by atoms with Crippen LogP contribution in [0.4, 0.5) is 11.6 Å². The molecule has 4 aromatic rings. The fourth-order valence-electron chi connectivity index (χ4n) is 6.19. The molecule has 38 heavy (non-hydrogen) atoms. The van der Waals surface area contributed by atoms with Crippen molar-refractivity contribution < 1.29 is 4.74 Å². The predicted molar refractivity (Wildman–Crippen MR) is 149 cm³/mol.